The zero-order chi connectivity index (χ0) is 19.6. The third kappa shape index (κ3) is 10.4. The molecule has 0 aliphatic carbocycles. The molecule has 0 unspecified atom stereocenters. The van der Waals surface area contributed by atoms with E-state index in [0.29, 0.717) is 12.8 Å². The summed E-state index contributed by atoms with van der Waals surface area (Å²) >= 11 is 0. The van der Waals surface area contributed by atoms with Crippen LogP contribution in [0.2, 0.25) is 0 Å². The molecule has 1 aromatic rings. The summed E-state index contributed by atoms with van der Waals surface area (Å²) in [5.41, 5.74) is 0.170. The van der Waals surface area contributed by atoms with Crippen LogP contribution in [0.15, 0.2) is 28.0 Å². The molecule has 0 radical (unpaired) electrons. The number of unbranched alkanes of at least 4 members (excludes halogenated alkanes) is 9. The third-order valence-corrected chi connectivity index (χ3v) is 6.39. The second kappa shape index (κ2) is 13.3. The van der Waals surface area contributed by atoms with Gasteiger partial charge in [-0.3, -0.25) is 4.55 Å². The van der Waals surface area contributed by atoms with Crippen molar-refractivity contribution in [1.82, 2.24) is 0 Å². The largest absolute Gasteiger partial charge is 1.00 e. The molecule has 0 saturated carbocycles. The zero-order valence-corrected chi connectivity index (χ0v) is 19.9. The van der Waals surface area contributed by atoms with Crippen LogP contribution in [0, 0.1) is 0 Å². The molecule has 0 aromatic heterocycles. The van der Waals surface area contributed by atoms with Crippen molar-refractivity contribution >= 4 is 20.2 Å². The van der Waals surface area contributed by atoms with Crippen LogP contribution >= 0.6 is 0 Å². The first-order chi connectivity index (χ1) is 12.2. The Morgan fingerprint density at radius 2 is 1.33 bits per heavy atom. The van der Waals surface area contributed by atoms with Crippen LogP contribution in [0.3, 0.4) is 0 Å². The van der Waals surface area contributed by atoms with E-state index < -0.39 is 30.0 Å². The molecular formula is C18H29NaO6S2. The molecule has 0 spiro atoms. The zero-order valence-electron chi connectivity index (χ0n) is 16.3. The number of rotatable bonds is 13. The van der Waals surface area contributed by atoms with E-state index in [0.717, 1.165) is 25.3 Å². The molecule has 0 atom stereocenters. The molecule has 6 nitrogen and oxygen atoms in total. The summed E-state index contributed by atoms with van der Waals surface area (Å²) in [6.45, 7) is 2.19. The van der Waals surface area contributed by atoms with Crippen molar-refractivity contribution < 1.29 is 55.5 Å². The molecule has 1 N–H and O–H groups in total. The van der Waals surface area contributed by atoms with Gasteiger partial charge in [0.05, 0.1) is 4.90 Å². The molecule has 0 amide bonds. The molecule has 27 heavy (non-hydrogen) atoms. The van der Waals surface area contributed by atoms with Crippen molar-refractivity contribution in [3.05, 3.63) is 23.8 Å². The smallest absolute Gasteiger partial charge is 0.744 e. The molecular weight excluding hydrogens is 399 g/mol. The average Bonchev–Trinajstić information content (AvgIpc) is 2.54. The summed E-state index contributed by atoms with van der Waals surface area (Å²) < 4.78 is 66.2. The maximum absolute atomic E-state index is 11.6. The van der Waals surface area contributed by atoms with Crippen molar-refractivity contribution in [2.24, 2.45) is 0 Å². The molecule has 0 fully saturated rings. The van der Waals surface area contributed by atoms with Gasteiger partial charge in [0.2, 0.25) is 0 Å². The SMILES string of the molecule is CCCCCCCCCCCCc1cccc(S(=O)(=O)[O-])c1S(=O)(=O)O.[Na+]. The van der Waals surface area contributed by atoms with E-state index in [1.54, 1.807) is 0 Å². The number of aryl methyl sites for hydroxylation is 1. The fourth-order valence-corrected chi connectivity index (χ4v) is 5.10. The molecule has 150 valence electrons. The number of hydrogen-bond acceptors (Lipinski definition) is 5. The summed E-state index contributed by atoms with van der Waals surface area (Å²) in [5, 5.41) is 0. The normalized spacial score (nSPS) is 12.0. The van der Waals surface area contributed by atoms with Gasteiger partial charge in [-0.15, -0.1) is 0 Å². The van der Waals surface area contributed by atoms with Gasteiger partial charge in [0.15, 0.2) is 0 Å². The summed E-state index contributed by atoms with van der Waals surface area (Å²) in [6, 6.07) is 3.67. The van der Waals surface area contributed by atoms with Gasteiger partial charge in [-0.25, -0.2) is 8.42 Å². The Balaban J connectivity index is 0.00000676. The first kappa shape index (κ1) is 27.0. The molecule has 1 aromatic carbocycles. The van der Waals surface area contributed by atoms with Crippen molar-refractivity contribution in [3.8, 4) is 0 Å². The Kier molecular flexibility index (Phi) is 13.3. The molecule has 0 bridgehead atoms. The van der Waals surface area contributed by atoms with Gasteiger partial charge in [-0.1, -0.05) is 76.8 Å². The second-order valence-corrected chi connectivity index (χ2v) is 9.31. The van der Waals surface area contributed by atoms with Gasteiger partial charge < -0.3 is 4.55 Å². The quantitative estimate of drug-likeness (QED) is 0.288. The maximum Gasteiger partial charge on any atom is 1.00 e. The van der Waals surface area contributed by atoms with E-state index in [1.807, 2.05) is 0 Å². The predicted octanol–water partition coefficient (Wildman–Crippen LogP) is 1.30. The van der Waals surface area contributed by atoms with Crippen LogP contribution in [-0.4, -0.2) is 25.9 Å². The Morgan fingerprint density at radius 1 is 0.852 bits per heavy atom. The summed E-state index contributed by atoms with van der Waals surface area (Å²) in [5.74, 6) is 0. The molecule has 1 rings (SSSR count). The summed E-state index contributed by atoms with van der Waals surface area (Å²) in [4.78, 5) is -1.66. The molecule has 0 aliphatic heterocycles. The van der Waals surface area contributed by atoms with Gasteiger partial charge in [-0.05, 0) is 24.5 Å². The van der Waals surface area contributed by atoms with Gasteiger partial charge in [0.1, 0.15) is 15.0 Å². The third-order valence-electron chi connectivity index (χ3n) is 4.39. The Labute approximate surface area is 185 Å². The van der Waals surface area contributed by atoms with E-state index in [9.17, 15) is 25.9 Å². The van der Waals surface area contributed by atoms with E-state index in [2.05, 4.69) is 6.92 Å². The van der Waals surface area contributed by atoms with Crippen molar-refractivity contribution in [1.29, 1.82) is 0 Å². The van der Waals surface area contributed by atoms with Gasteiger partial charge in [0, 0.05) is 0 Å². The van der Waals surface area contributed by atoms with Crippen LogP contribution in [0.1, 0.15) is 76.7 Å². The number of hydrogen-bond donors (Lipinski definition) is 1. The Morgan fingerprint density at radius 3 is 1.78 bits per heavy atom. The van der Waals surface area contributed by atoms with Crippen molar-refractivity contribution in [2.75, 3.05) is 0 Å². The minimum Gasteiger partial charge on any atom is -0.744 e. The average molecular weight is 429 g/mol. The standard InChI is InChI=1S/C18H30O6S2.Na/c1-2-3-4-5-6-7-8-9-10-11-13-16-14-12-15-17(25(19,20)21)18(16)26(22,23)24;/h12,14-15H,2-11,13H2,1H3,(H,19,20,21)(H,22,23,24);/q;+1/p-1. The minimum atomic E-state index is -4.98. The van der Waals surface area contributed by atoms with Crippen molar-refractivity contribution in [2.45, 2.75) is 87.3 Å². The summed E-state index contributed by atoms with van der Waals surface area (Å²) in [6.07, 6.45) is 11.5. The van der Waals surface area contributed by atoms with Crippen LogP contribution < -0.4 is 29.6 Å². The van der Waals surface area contributed by atoms with E-state index in [1.165, 1.54) is 50.7 Å². The first-order valence-electron chi connectivity index (χ1n) is 9.23. The van der Waals surface area contributed by atoms with E-state index >= 15 is 0 Å². The number of benzene rings is 1. The predicted molar refractivity (Wildman–Crippen MR) is 99.8 cm³/mol. The Bertz CT molecular complexity index is 760. The van der Waals surface area contributed by atoms with E-state index in [4.69, 9.17) is 0 Å². The molecule has 0 saturated heterocycles. The van der Waals surface area contributed by atoms with Gasteiger partial charge in [-0.2, -0.15) is 8.42 Å². The second-order valence-electron chi connectivity index (χ2n) is 6.61. The Hall–Kier alpha value is 0.0400. The van der Waals surface area contributed by atoms with Crippen LogP contribution in [0.5, 0.6) is 0 Å². The van der Waals surface area contributed by atoms with E-state index in [-0.39, 0.29) is 35.1 Å². The van der Waals surface area contributed by atoms with Crippen LogP contribution in [0.4, 0.5) is 0 Å². The fourth-order valence-electron chi connectivity index (χ4n) is 3.05. The summed E-state index contributed by atoms with van der Waals surface area (Å²) in [7, 11) is -9.77. The van der Waals surface area contributed by atoms with Crippen molar-refractivity contribution in [3.63, 3.8) is 0 Å². The van der Waals surface area contributed by atoms with Crippen LogP contribution in [-0.2, 0) is 26.7 Å². The molecule has 9 heteroatoms. The minimum absolute atomic E-state index is 0. The molecule has 0 heterocycles. The molecule has 0 aliphatic rings. The first-order valence-corrected chi connectivity index (χ1v) is 12.1. The van der Waals surface area contributed by atoms with Gasteiger partial charge in [0.25, 0.3) is 10.1 Å². The topological polar surface area (TPSA) is 112 Å². The van der Waals surface area contributed by atoms with Gasteiger partial charge >= 0.3 is 29.6 Å². The van der Waals surface area contributed by atoms with Crippen LogP contribution in [0.25, 0.3) is 0 Å². The fraction of sp³-hybridized carbons (Fsp3) is 0.667. The monoisotopic (exact) mass is 428 g/mol. The maximum atomic E-state index is 11.6.